The zero-order valence-electron chi connectivity index (χ0n) is 16.7. The number of carbonyl (C=O) groups is 1. The number of hydrogen-bond donors (Lipinski definition) is 1. The van der Waals surface area contributed by atoms with Gasteiger partial charge in [0.15, 0.2) is 5.16 Å². The van der Waals surface area contributed by atoms with Crippen LogP contribution in [0, 0.1) is 6.92 Å². The Balaban J connectivity index is 1.63. The molecule has 3 rings (SSSR count). The second-order valence-corrected chi connectivity index (χ2v) is 9.81. The molecule has 1 atom stereocenters. The normalized spacial score (nSPS) is 16.5. The Morgan fingerprint density at radius 2 is 1.90 bits per heavy atom. The third kappa shape index (κ3) is 4.97. The van der Waals surface area contributed by atoms with Crippen molar-refractivity contribution in [1.29, 1.82) is 0 Å². The van der Waals surface area contributed by atoms with E-state index in [0.29, 0.717) is 37.1 Å². The Morgan fingerprint density at radius 1 is 1.24 bits per heavy atom. The number of amides is 1. The summed E-state index contributed by atoms with van der Waals surface area (Å²) in [5.74, 6) is 0.613. The summed E-state index contributed by atoms with van der Waals surface area (Å²) in [5.41, 5.74) is 0.538. The first-order valence-corrected chi connectivity index (χ1v) is 11.7. The molecule has 1 fully saturated rings. The summed E-state index contributed by atoms with van der Waals surface area (Å²) in [5, 5.41) is 11.3. The summed E-state index contributed by atoms with van der Waals surface area (Å²) in [6, 6.07) is 6.22. The van der Waals surface area contributed by atoms with E-state index in [-0.39, 0.29) is 16.1 Å². The molecule has 0 bridgehead atoms. The Bertz CT molecular complexity index is 953. The number of rotatable bonds is 7. The highest BCUT2D eigenvalue weighted by atomic mass is 32.2. The molecule has 0 aliphatic carbocycles. The number of aryl methyl sites for hydroxylation is 1. The Labute approximate surface area is 174 Å². The molecule has 1 aromatic carbocycles. The van der Waals surface area contributed by atoms with Gasteiger partial charge in [-0.25, -0.2) is 8.42 Å². The zero-order chi connectivity index (χ0) is 21.0. The van der Waals surface area contributed by atoms with Gasteiger partial charge < -0.3 is 14.6 Å². The molecule has 9 nitrogen and oxygen atoms in total. The van der Waals surface area contributed by atoms with E-state index >= 15 is 0 Å². The largest absolute Gasteiger partial charge is 0.379 e. The first-order chi connectivity index (χ1) is 13.8. The van der Waals surface area contributed by atoms with Crippen LogP contribution in [0.15, 0.2) is 34.3 Å². The first kappa shape index (κ1) is 21.8. The van der Waals surface area contributed by atoms with Crippen LogP contribution in [0.1, 0.15) is 19.7 Å². The standard InChI is InChI=1S/C18H25N5O4S2/c1-4-23-14(3)20-21-18(23)28-13(2)17(24)19-15-5-7-16(8-6-15)29(25,26)22-9-11-27-12-10-22/h5-8,13H,4,9-12H2,1-3H3,(H,19,24). The molecular formula is C18H25N5O4S2. The van der Waals surface area contributed by atoms with E-state index in [1.54, 1.807) is 19.1 Å². The molecule has 0 saturated carbocycles. The average Bonchev–Trinajstić information content (AvgIpc) is 3.08. The van der Waals surface area contributed by atoms with Crippen LogP contribution in [-0.4, -0.2) is 64.9 Å². The molecule has 11 heteroatoms. The van der Waals surface area contributed by atoms with Crippen molar-refractivity contribution in [3.05, 3.63) is 30.1 Å². The smallest absolute Gasteiger partial charge is 0.243 e. The monoisotopic (exact) mass is 439 g/mol. The molecule has 1 N–H and O–H groups in total. The van der Waals surface area contributed by atoms with Crippen molar-refractivity contribution < 1.29 is 17.9 Å². The van der Waals surface area contributed by atoms with Crippen LogP contribution < -0.4 is 5.32 Å². The van der Waals surface area contributed by atoms with Gasteiger partial charge in [0, 0.05) is 25.3 Å². The predicted molar refractivity (Wildman–Crippen MR) is 110 cm³/mol. The second kappa shape index (κ2) is 9.24. The Kier molecular flexibility index (Phi) is 6.93. The fourth-order valence-corrected chi connectivity index (χ4v) is 5.28. The van der Waals surface area contributed by atoms with E-state index in [0.717, 1.165) is 12.4 Å². The van der Waals surface area contributed by atoms with Crippen molar-refractivity contribution >= 4 is 33.4 Å². The van der Waals surface area contributed by atoms with Gasteiger partial charge in [-0.1, -0.05) is 11.8 Å². The van der Waals surface area contributed by atoms with Crippen molar-refractivity contribution in [1.82, 2.24) is 19.1 Å². The van der Waals surface area contributed by atoms with E-state index < -0.39 is 10.0 Å². The third-order valence-electron chi connectivity index (χ3n) is 4.60. The van der Waals surface area contributed by atoms with Crippen LogP contribution in [-0.2, 0) is 26.1 Å². The van der Waals surface area contributed by atoms with Gasteiger partial charge in [0.25, 0.3) is 0 Å². The highest BCUT2D eigenvalue weighted by Gasteiger charge is 2.26. The maximum Gasteiger partial charge on any atom is 0.243 e. The first-order valence-electron chi connectivity index (χ1n) is 9.38. The lowest BCUT2D eigenvalue weighted by atomic mass is 10.3. The molecule has 0 radical (unpaired) electrons. The number of aromatic nitrogens is 3. The van der Waals surface area contributed by atoms with Crippen LogP contribution in [0.2, 0.25) is 0 Å². The fraction of sp³-hybridized carbons (Fsp3) is 0.500. The SMILES string of the molecule is CCn1c(C)nnc1SC(C)C(=O)Nc1ccc(S(=O)(=O)N2CCOCC2)cc1. The van der Waals surface area contributed by atoms with Crippen LogP contribution >= 0.6 is 11.8 Å². The second-order valence-electron chi connectivity index (χ2n) is 6.56. The van der Waals surface area contributed by atoms with Crippen molar-refractivity contribution in [2.75, 3.05) is 31.6 Å². The van der Waals surface area contributed by atoms with Crippen molar-refractivity contribution in [2.24, 2.45) is 0 Å². The molecule has 1 aliphatic rings. The number of morpholine rings is 1. The summed E-state index contributed by atoms with van der Waals surface area (Å²) in [6.07, 6.45) is 0. The third-order valence-corrected chi connectivity index (χ3v) is 7.59. The van der Waals surface area contributed by atoms with E-state index in [9.17, 15) is 13.2 Å². The molecule has 29 heavy (non-hydrogen) atoms. The number of anilines is 1. The van der Waals surface area contributed by atoms with Crippen molar-refractivity contribution in [2.45, 2.75) is 42.6 Å². The van der Waals surface area contributed by atoms with E-state index in [4.69, 9.17) is 4.74 Å². The molecule has 2 aromatic rings. The summed E-state index contributed by atoms with van der Waals surface area (Å²) in [6.45, 7) is 7.88. The maximum atomic E-state index is 12.7. The number of nitrogens with one attached hydrogen (secondary N) is 1. The number of carbonyl (C=O) groups excluding carboxylic acids is 1. The summed E-state index contributed by atoms with van der Waals surface area (Å²) < 4.78 is 33.9. The number of sulfonamides is 1. The van der Waals surface area contributed by atoms with Gasteiger partial charge in [-0.2, -0.15) is 4.31 Å². The summed E-state index contributed by atoms with van der Waals surface area (Å²) in [7, 11) is -3.55. The topological polar surface area (TPSA) is 106 Å². The van der Waals surface area contributed by atoms with Gasteiger partial charge >= 0.3 is 0 Å². The minimum absolute atomic E-state index is 0.193. The molecule has 1 unspecified atom stereocenters. The molecule has 1 saturated heterocycles. The van der Waals surface area contributed by atoms with Gasteiger partial charge in [-0.15, -0.1) is 10.2 Å². The summed E-state index contributed by atoms with van der Waals surface area (Å²) in [4.78, 5) is 12.7. The van der Waals surface area contributed by atoms with Gasteiger partial charge in [-0.3, -0.25) is 4.79 Å². The van der Waals surface area contributed by atoms with Crippen molar-refractivity contribution in [3.63, 3.8) is 0 Å². The van der Waals surface area contributed by atoms with Crippen LogP contribution in [0.4, 0.5) is 5.69 Å². The molecular weight excluding hydrogens is 414 g/mol. The number of ether oxygens (including phenoxy) is 1. The molecule has 2 heterocycles. The van der Waals surface area contributed by atoms with E-state index in [1.807, 2.05) is 18.4 Å². The number of benzene rings is 1. The van der Waals surface area contributed by atoms with Gasteiger partial charge in [0.2, 0.25) is 15.9 Å². The number of thioether (sulfide) groups is 1. The Hall–Kier alpha value is -1.95. The van der Waals surface area contributed by atoms with Crippen LogP contribution in [0.25, 0.3) is 0 Å². The molecule has 0 spiro atoms. The average molecular weight is 440 g/mol. The molecule has 158 valence electrons. The minimum atomic E-state index is -3.55. The molecule has 1 amide bonds. The van der Waals surface area contributed by atoms with Gasteiger partial charge in [0.1, 0.15) is 5.82 Å². The minimum Gasteiger partial charge on any atom is -0.379 e. The van der Waals surface area contributed by atoms with Gasteiger partial charge in [0.05, 0.1) is 23.4 Å². The van der Waals surface area contributed by atoms with Crippen LogP contribution in [0.5, 0.6) is 0 Å². The van der Waals surface area contributed by atoms with E-state index in [1.165, 1.54) is 28.2 Å². The van der Waals surface area contributed by atoms with Crippen molar-refractivity contribution in [3.8, 4) is 0 Å². The highest BCUT2D eigenvalue weighted by molar-refractivity contribution is 8.00. The van der Waals surface area contributed by atoms with Gasteiger partial charge in [-0.05, 0) is 45.0 Å². The number of hydrogen-bond acceptors (Lipinski definition) is 7. The van der Waals surface area contributed by atoms with Crippen LogP contribution in [0.3, 0.4) is 0 Å². The lowest BCUT2D eigenvalue weighted by molar-refractivity contribution is -0.115. The lowest BCUT2D eigenvalue weighted by Crippen LogP contribution is -2.40. The highest BCUT2D eigenvalue weighted by Crippen LogP contribution is 2.24. The summed E-state index contributed by atoms with van der Waals surface area (Å²) >= 11 is 1.33. The van der Waals surface area contributed by atoms with E-state index in [2.05, 4.69) is 15.5 Å². The fourth-order valence-electron chi connectivity index (χ4n) is 2.91. The maximum absolute atomic E-state index is 12.7. The quantitative estimate of drug-likeness (QED) is 0.655. The predicted octanol–water partition coefficient (Wildman–Crippen LogP) is 1.75. The molecule has 1 aliphatic heterocycles. The lowest BCUT2D eigenvalue weighted by Gasteiger charge is -2.26. The molecule has 1 aromatic heterocycles. The zero-order valence-corrected chi connectivity index (χ0v) is 18.3. The number of nitrogens with zero attached hydrogens (tertiary/aromatic N) is 4. The Morgan fingerprint density at radius 3 is 2.52 bits per heavy atom.